The summed E-state index contributed by atoms with van der Waals surface area (Å²) in [4.78, 5) is 14.0. The van der Waals surface area contributed by atoms with Crippen LogP contribution in [0.3, 0.4) is 0 Å². The van der Waals surface area contributed by atoms with Crippen LogP contribution in [0.5, 0.6) is 0 Å². The first-order valence-corrected chi connectivity index (χ1v) is 11.2. The van der Waals surface area contributed by atoms with Crippen LogP contribution in [-0.4, -0.2) is 30.4 Å². The molecule has 3 nitrogen and oxygen atoms in total. The molecule has 0 saturated heterocycles. The Morgan fingerprint density at radius 1 is 0.923 bits per heavy atom. The number of carbonyl (C=O) groups excluding carboxylic acids is 1. The minimum Gasteiger partial charge on any atom is -0.318 e. The maximum atomic E-state index is 12.1. The van der Waals surface area contributed by atoms with Crippen LogP contribution >= 0.6 is 0 Å². The van der Waals surface area contributed by atoms with E-state index in [-0.39, 0.29) is 5.91 Å². The number of hydrogen-bond acceptors (Lipinski definition) is 2. The lowest BCUT2D eigenvalue weighted by Crippen LogP contribution is -2.30. The summed E-state index contributed by atoms with van der Waals surface area (Å²) in [5.74, 6) is 0.280. The predicted molar refractivity (Wildman–Crippen MR) is 113 cm³/mol. The van der Waals surface area contributed by atoms with Crippen molar-refractivity contribution >= 4 is 5.91 Å². The van der Waals surface area contributed by atoms with Gasteiger partial charge in [0.2, 0.25) is 5.91 Å². The minimum atomic E-state index is 0.280. The van der Waals surface area contributed by atoms with E-state index < -0.39 is 0 Å². The molecule has 1 aliphatic rings. The highest BCUT2D eigenvalue weighted by atomic mass is 16.2. The SMILES string of the molecule is CCCCCCCCC=CCCCCCCCC(=O)N1C=CCNCC1. The lowest BCUT2D eigenvalue weighted by Gasteiger charge is -2.16. The van der Waals surface area contributed by atoms with E-state index in [4.69, 9.17) is 0 Å². The van der Waals surface area contributed by atoms with Gasteiger partial charge in [0.1, 0.15) is 0 Å². The number of rotatable bonds is 15. The van der Waals surface area contributed by atoms with Gasteiger partial charge in [0.25, 0.3) is 0 Å². The van der Waals surface area contributed by atoms with Crippen molar-refractivity contribution < 1.29 is 4.79 Å². The van der Waals surface area contributed by atoms with Gasteiger partial charge < -0.3 is 10.2 Å². The van der Waals surface area contributed by atoms with Gasteiger partial charge in [-0.05, 0) is 32.1 Å². The molecular weight excluding hydrogens is 320 g/mol. The summed E-state index contributed by atoms with van der Waals surface area (Å²) < 4.78 is 0. The number of unbranched alkanes of at least 4 members (excludes halogenated alkanes) is 11. The van der Waals surface area contributed by atoms with E-state index in [9.17, 15) is 4.79 Å². The first-order valence-electron chi connectivity index (χ1n) is 11.2. The number of nitrogens with one attached hydrogen (secondary N) is 1. The number of carbonyl (C=O) groups is 1. The Kier molecular flexibility index (Phi) is 15.3. The molecule has 1 heterocycles. The van der Waals surface area contributed by atoms with Gasteiger partial charge >= 0.3 is 0 Å². The molecule has 0 aliphatic carbocycles. The molecule has 3 heteroatoms. The maximum Gasteiger partial charge on any atom is 0.226 e. The number of hydrogen-bond donors (Lipinski definition) is 1. The van der Waals surface area contributed by atoms with Crippen LogP contribution < -0.4 is 5.32 Å². The molecule has 0 spiro atoms. The van der Waals surface area contributed by atoms with Crippen LogP contribution in [0.2, 0.25) is 0 Å². The Morgan fingerprint density at radius 2 is 1.54 bits per heavy atom. The molecule has 0 bridgehead atoms. The fraction of sp³-hybridized carbons (Fsp3) is 0.783. The quantitative estimate of drug-likeness (QED) is 0.287. The molecular formula is C23H42N2O. The van der Waals surface area contributed by atoms with Crippen molar-refractivity contribution in [2.75, 3.05) is 19.6 Å². The molecule has 150 valence electrons. The summed E-state index contributed by atoms with van der Waals surface area (Å²) in [6.07, 6.45) is 26.3. The summed E-state index contributed by atoms with van der Waals surface area (Å²) in [6, 6.07) is 0. The zero-order valence-electron chi connectivity index (χ0n) is 17.2. The molecule has 1 rings (SSSR count). The highest BCUT2D eigenvalue weighted by Gasteiger charge is 2.11. The summed E-state index contributed by atoms with van der Waals surface area (Å²) in [5.41, 5.74) is 0. The minimum absolute atomic E-state index is 0.280. The topological polar surface area (TPSA) is 32.3 Å². The third kappa shape index (κ3) is 13.2. The predicted octanol–water partition coefficient (Wildman–Crippen LogP) is 5.97. The normalized spacial score (nSPS) is 14.9. The molecule has 0 atom stereocenters. The van der Waals surface area contributed by atoms with Crippen LogP contribution in [0.4, 0.5) is 0 Å². The second kappa shape index (κ2) is 17.3. The van der Waals surface area contributed by atoms with Gasteiger partial charge in [0.05, 0.1) is 0 Å². The van der Waals surface area contributed by atoms with Crippen LogP contribution in [0.1, 0.15) is 96.8 Å². The molecule has 1 N–H and O–H groups in total. The number of amides is 1. The third-order valence-electron chi connectivity index (χ3n) is 5.05. The van der Waals surface area contributed by atoms with E-state index in [1.165, 1.54) is 77.0 Å². The van der Waals surface area contributed by atoms with Crippen molar-refractivity contribution in [3.8, 4) is 0 Å². The molecule has 0 radical (unpaired) electrons. The molecule has 0 unspecified atom stereocenters. The first-order chi connectivity index (χ1) is 12.8. The van der Waals surface area contributed by atoms with E-state index in [0.717, 1.165) is 26.1 Å². The summed E-state index contributed by atoms with van der Waals surface area (Å²) in [6.45, 7) is 4.84. The van der Waals surface area contributed by atoms with Crippen molar-refractivity contribution in [2.24, 2.45) is 0 Å². The Balaban J connectivity index is 1.84. The molecule has 0 aromatic rings. The van der Waals surface area contributed by atoms with E-state index in [1.54, 1.807) is 0 Å². The summed E-state index contributed by atoms with van der Waals surface area (Å²) in [5, 5.41) is 3.27. The van der Waals surface area contributed by atoms with Crippen LogP contribution in [0, 0.1) is 0 Å². The van der Waals surface area contributed by atoms with Crippen molar-refractivity contribution in [1.29, 1.82) is 0 Å². The van der Waals surface area contributed by atoms with Gasteiger partial charge in [-0.1, -0.05) is 76.5 Å². The van der Waals surface area contributed by atoms with Gasteiger partial charge in [-0.2, -0.15) is 0 Å². The molecule has 1 aliphatic heterocycles. The molecule has 0 fully saturated rings. The van der Waals surface area contributed by atoms with Gasteiger partial charge in [0, 0.05) is 32.3 Å². The van der Waals surface area contributed by atoms with Gasteiger partial charge in [0.15, 0.2) is 0 Å². The number of allylic oxidation sites excluding steroid dienone is 2. The Morgan fingerprint density at radius 3 is 2.23 bits per heavy atom. The highest BCUT2D eigenvalue weighted by molar-refractivity contribution is 5.77. The standard InChI is InChI=1S/C23H42N2O/c1-2-3-4-5-6-7-8-9-10-11-12-13-14-15-16-18-23(26)25-21-17-19-24-20-22-25/h9-10,17,21,24H,2-8,11-16,18-20,22H2,1H3. The average molecular weight is 363 g/mol. The molecule has 26 heavy (non-hydrogen) atoms. The van der Waals surface area contributed by atoms with E-state index in [0.29, 0.717) is 6.42 Å². The lowest BCUT2D eigenvalue weighted by molar-refractivity contribution is -0.128. The fourth-order valence-electron chi connectivity index (χ4n) is 3.34. The average Bonchev–Trinajstić information content (AvgIpc) is 2.94. The first kappa shape index (κ1) is 23.0. The van der Waals surface area contributed by atoms with E-state index in [1.807, 2.05) is 17.2 Å². The van der Waals surface area contributed by atoms with E-state index >= 15 is 0 Å². The van der Waals surface area contributed by atoms with Gasteiger partial charge in [-0.3, -0.25) is 4.79 Å². The lowest BCUT2D eigenvalue weighted by atomic mass is 10.1. The largest absolute Gasteiger partial charge is 0.318 e. The fourth-order valence-corrected chi connectivity index (χ4v) is 3.34. The Hall–Kier alpha value is -1.09. The Labute approximate surface area is 162 Å². The zero-order chi connectivity index (χ0) is 18.7. The second-order valence-corrected chi connectivity index (χ2v) is 7.51. The van der Waals surface area contributed by atoms with Crippen molar-refractivity contribution in [3.63, 3.8) is 0 Å². The van der Waals surface area contributed by atoms with E-state index in [2.05, 4.69) is 24.4 Å². The molecule has 0 saturated carbocycles. The van der Waals surface area contributed by atoms with Crippen molar-refractivity contribution in [2.45, 2.75) is 96.8 Å². The smallest absolute Gasteiger partial charge is 0.226 e. The molecule has 1 amide bonds. The monoisotopic (exact) mass is 362 g/mol. The molecule has 0 aromatic carbocycles. The molecule has 0 aromatic heterocycles. The Bertz CT molecular complexity index is 390. The zero-order valence-corrected chi connectivity index (χ0v) is 17.2. The van der Waals surface area contributed by atoms with Crippen LogP contribution in [0.15, 0.2) is 24.4 Å². The van der Waals surface area contributed by atoms with Gasteiger partial charge in [-0.25, -0.2) is 0 Å². The highest BCUT2D eigenvalue weighted by Crippen LogP contribution is 2.11. The van der Waals surface area contributed by atoms with Crippen LogP contribution in [0.25, 0.3) is 0 Å². The summed E-state index contributed by atoms with van der Waals surface area (Å²) in [7, 11) is 0. The summed E-state index contributed by atoms with van der Waals surface area (Å²) >= 11 is 0. The van der Waals surface area contributed by atoms with Crippen molar-refractivity contribution in [1.82, 2.24) is 10.2 Å². The van der Waals surface area contributed by atoms with Crippen LogP contribution in [-0.2, 0) is 4.79 Å². The number of nitrogens with zero attached hydrogens (tertiary/aromatic N) is 1. The van der Waals surface area contributed by atoms with Crippen molar-refractivity contribution in [3.05, 3.63) is 24.4 Å². The maximum absolute atomic E-state index is 12.1. The second-order valence-electron chi connectivity index (χ2n) is 7.51. The third-order valence-corrected chi connectivity index (χ3v) is 5.05. The van der Waals surface area contributed by atoms with Gasteiger partial charge in [-0.15, -0.1) is 0 Å².